The van der Waals surface area contributed by atoms with E-state index in [9.17, 15) is 0 Å². The van der Waals surface area contributed by atoms with Gasteiger partial charge >= 0.3 is 0 Å². The van der Waals surface area contributed by atoms with Crippen molar-refractivity contribution in [1.82, 2.24) is 0 Å². The third-order valence-electron chi connectivity index (χ3n) is 1.34. The molecular formula is C10H16. The Morgan fingerprint density at radius 2 is 1.60 bits per heavy atom. The summed E-state index contributed by atoms with van der Waals surface area (Å²) in [5.41, 5.74) is 2.62. The molecule has 0 aliphatic rings. The van der Waals surface area contributed by atoms with Crippen molar-refractivity contribution >= 4 is 0 Å². The number of hydrogen-bond donors (Lipinski definition) is 0. The quantitative estimate of drug-likeness (QED) is 0.510. The van der Waals surface area contributed by atoms with Crippen molar-refractivity contribution in [3.63, 3.8) is 0 Å². The first-order valence-electron chi connectivity index (χ1n) is 3.64. The Balaban J connectivity index is 4.16. The van der Waals surface area contributed by atoms with Gasteiger partial charge in [0.05, 0.1) is 0 Å². The minimum absolute atomic E-state index is 1.30. The smallest absolute Gasteiger partial charge is 0.0398 e. The molecule has 0 unspecified atom stereocenters. The zero-order valence-corrected chi connectivity index (χ0v) is 7.31. The molecule has 0 saturated carbocycles. The van der Waals surface area contributed by atoms with Crippen molar-refractivity contribution in [2.45, 2.75) is 27.7 Å². The zero-order valence-electron chi connectivity index (χ0n) is 7.31. The van der Waals surface area contributed by atoms with Crippen molar-refractivity contribution in [2.75, 3.05) is 0 Å². The minimum Gasteiger partial charge on any atom is -0.0874 e. The van der Waals surface area contributed by atoms with E-state index in [0.29, 0.717) is 0 Å². The summed E-state index contributed by atoms with van der Waals surface area (Å²) in [7, 11) is 0. The van der Waals surface area contributed by atoms with Gasteiger partial charge in [0.2, 0.25) is 0 Å². The van der Waals surface area contributed by atoms with E-state index in [2.05, 4.69) is 45.1 Å². The summed E-state index contributed by atoms with van der Waals surface area (Å²) < 4.78 is 0. The molecule has 0 bridgehead atoms. The molecule has 0 heterocycles. The fourth-order valence-corrected chi connectivity index (χ4v) is 0.753. The van der Waals surface area contributed by atoms with Gasteiger partial charge in [-0.25, -0.2) is 0 Å². The van der Waals surface area contributed by atoms with Crippen molar-refractivity contribution in [1.29, 1.82) is 0 Å². The van der Waals surface area contributed by atoms with Crippen LogP contribution in [-0.4, -0.2) is 0 Å². The molecule has 0 fully saturated rings. The maximum Gasteiger partial charge on any atom is -0.0398 e. The largest absolute Gasteiger partial charge is 0.0874 e. The minimum atomic E-state index is 1.30. The van der Waals surface area contributed by atoms with Crippen molar-refractivity contribution in [2.24, 2.45) is 0 Å². The summed E-state index contributed by atoms with van der Waals surface area (Å²) in [5.74, 6) is 0. The van der Waals surface area contributed by atoms with Crippen LogP contribution in [0.4, 0.5) is 0 Å². The Labute approximate surface area is 64.0 Å². The summed E-state index contributed by atoms with van der Waals surface area (Å²) >= 11 is 0. The SMILES string of the molecule is CC=C(C)/C=C(C)\C=C\C. The predicted molar refractivity (Wildman–Crippen MR) is 48.0 cm³/mol. The lowest BCUT2D eigenvalue weighted by atomic mass is 10.2. The summed E-state index contributed by atoms with van der Waals surface area (Å²) in [4.78, 5) is 0. The van der Waals surface area contributed by atoms with Gasteiger partial charge in [-0.05, 0) is 27.7 Å². The second kappa shape index (κ2) is 5.04. The molecule has 0 spiro atoms. The van der Waals surface area contributed by atoms with Gasteiger partial charge in [0.25, 0.3) is 0 Å². The van der Waals surface area contributed by atoms with E-state index in [1.807, 2.05) is 6.92 Å². The lowest BCUT2D eigenvalue weighted by Gasteiger charge is -1.91. The Morgan fingerprint density at radius 1 is 1.00 bits per heavy atom. The molecule has 0 aromatic carbocycles. The lowest BCUT2D eigenvalue weighted by Crippen LogP contribution is -1.70. The molecule has 0 N–H and O–H groups in total. The summed E-state index contributed by atoms with van der Waals surface area (Å²) in [6, 6.07) is 0. The molecule has 0 aliphatic carbocycles. The molecule has 0 heteroatoms. The van der Waals surface area contributed by atoms with Gasteiger partial charge in [0.15, 0.2) is 0 Å². The lowest BCUT2D eigenvalue weighted by molar-refractivity contribution is 1.41. The van der Waals surface area contributed by atoms with Crippen LogP contribution in [-0.2, 0) is 0 Å². The molecule has 0 radical (unpaired) electrons. The Hall–Kier alpha value is -0.780. The molecule has 0 nitrogen and oxygen atoms in total. The Kier molecular flexibility index (Phi) is 4.65. The summed E-state index contributed by atoms with van der Waals surface area (Å²) in [6.45, 7) is 8.29. The third-order valence-corrected chi connectivity index (χ3v) is 1.34. The molecule has 0 atom stereocenters. The second-order valence-electron chi connectivity index (χ2n) is 2.42. The van der Waals surface area contributed by atoms with Crippen LogP contribution in [0.5, 0.6) is 0 Å². The standard InChI is InChI=1S/C10H16/c1-5-7-10(4)8-9(3)6-2/h5-8H,1-4H3/b7-5+,9-6?,10-8-. The highest BCUT2D eigenvalue weighted by Gasteiger charge is 1.80. The summed E-state index contributed by atoms with van der Waals surface area (Å²) in [6.07, 6.45) is 8.43. The number of rotatable bonds is 2. The van der Waals surface area contributed by atoms with Gasteiger partial charge in [-0.3, -0.25) is 0 Å². The van der Waals surface area contributed by atoms with E-state index >= 15 is 0 Å². The molecule has 0 aromatic rings. The number of allylic oxidation sites excluding steroid dienone is 6. The molecule has 0 rings (SSSR count). The average Bonchev–Trinajstić information content (AvgIpc) is 1.88. The molecular weight excluding hydrogens is 120 g/mol. The highest BCUT2D eigenvalue weighted by atomic mass is 13.9. The highest BCUT2D eigenvalue weighted by molar-refractivity contribution is 5.26. The predicted octanol–water partition coefficient (Wildman–Crippen LogP) is 3.48. The van der Waals surface area contributed by atoms with Gasteiger partial charge in [-0.1, -0.05) is 35.5 Å². The molecule has 10 heavy (non-hydrogen) atoms. The maximum absolute atomic E-state index is 2.17. The van der Waals surface area contributed by atoms with Crippen LogP contribution in [0.15, 0.2) is 35.5 Å². The van der Waals surface area contributed by atoms with Gasteiger partial charge < -0.3 is 0 Å². The average molecular weight is 136 g/mol. The van der Waals surface area contributed by atoms with E-state index in [0.717, 1.165) is 0 Å². The van der Waals surface area contributed by atoms with Crippen LogP contribution < -0.4 is 0 Å². The van der Waals surface area contributed by atoms with Gasteiger partial charge in [0.1, 0.15) is 0 Å². The van der Waals surface area contributed by atoms with E-state index in [1.165, 1.54) is 11.1 Å². The molecule has 0 saturated heterocycles. The van der Waals surface area contributed by atoms with E-state index in [4.69, 9.17) is 0 Å². The van der Waals surface area contributed by atoms with Crippen molar-refractivity contribution in [3.8, 4) is 0 Å². The second-order valence-corrected chi connectivity index (χ2v) is 2.42. The first-order valence-corrected chi connectivity index (χ1v) is 3.64. The fraction of sp³-hybridized carbons (Fsp3) is 0.400. The van der Waals surface area contributed by atoms with Gasteiger partial charge in [-0.15, -0.1) is 0 Å². The van der Waals surface area contributed by atoms with Crippen LogP contribution in [0.2, 0.25) is 0 Å². The first-order chi connectivity index (χ1) is 4.70. The van der Waals surface area contributed by atoms with E-state index in [-0.39, 0.29) is 0 Å². The Bertz CT molecular complexity index is 168. The van der Waals surface area contributed by atoms with Crippen LogP contribution in [0.25, 0.3) is 0 Å². The van der Waals surface area contributed by atoms with Gasteiger partial charge in [0, 0.05) is 0 Å². The zero-order chi connectivity index (χ0) is 7.98. The molecule has 0 aromatic heterocycles. The molecule has 0 amide bonds. The van der Waals surface area contributed by atoms with Crippen LogP contribution in [0.3, 0.4) is 0 Å². The van der Waals surface area contributed by atoms with Crippen LogP contribution >= 0.6 is 0 Å². The van der Waals surface area contributed by atoms with Crippen LogP contribution in [0.1, 0.15) is 27.7 Å². The third kappa shape index (κ3) is 4.13. The fourth-order valence-electron chi connectivity index (χ4n) is 0.753. The molecule has 0 aliphatic heterocycles. The van der Waals surface area contributed by atoms with Crippen molar-refractivity contribution < 1.29 is 0 Å². The molecule has 56 valence electrons. The van der Waals surface area contributed by atoms with Crippen LogP contribution in [0, 0.1) is 0 Å². The maximum atomic E-state index is 2.17. The highest BCUT2D eigenvalue weighted by Crippen LogP contribution is 2.01. The number of hydrogen-bond acceptors (Lipinski definition) is 0. The topological polar surface area (TPSA) is 0 Å². The van der Waals surface area contributed by atoms with Crippen molar-refractivity contribution in [3.05, 3.63) is 35.5 Å². The van der Waals surface area contributed by atoms with Gasteiger partial charge in [-0.2, -0.15) is 0 Å². The Morgan fingerprint density at radius 3 is 2.00 bits per heavy atom. The van der Waals surface area contributed by atoms with E-state index in [1.54, 1.807) is 0 Å². The normalized spacial score (nSPS) is 14.8. The van der Waals surface area contributed by atoms with E-state index < -0.39 is 0 Å². The summed E-state index contributed by atoms with van der Waals surface area (Å²) in [5, 5.41) is 0. The monoisotopic (exact) mass is 136 g/mol. The first kappa shape index (κ1) is 9.22.